The Hall–Kier alpha value is -0.170. The first-order chi connectivity index (χ1) is 7.60. The SMILES string of the molecule is N[C@@H]1CCCN(S(=O)(=O)C2CCCOC2)C1. The van der Waals surface area contributed by atoms with Crippen molar-refractivity contribution in [2.45, 2.75) is 37.0 Å². The standard InChI is InChI=1S/C10H20N2O3S/c11-9-3-1-5-12(7-9)16(13,14)10-4-2-6-15-8-10/h9-10H,1-8,11H2/t9-,10?/m1/s1. The summed E-state index contributed by atoms with van der Waals surface area (Å²) in [7, 11) is -3.19. The molecule has 0 aromatic heterocycles. The van der Waals surface area contributed by atoms with Gasteiger partial charge in [-0.05, 0) is 25.7 Å². The van der Waals surface area contributed by atoms with Crippen LogP contribution in [0, 0.1) is 0 Å². The van der Waals surface area contributed by atoms with Gasteiger partial charge in [-0.2, -0.15) is 0 Å². The molecule has 2 rings (SSSR count). The van der Waals surface area contributed by atoms with E-state index in [9.17, 15) is 8.42 Å². The Morgan fingerprint density at radius 2 is 2.06 bits per heavy atom. The molecule has 16 heavy (non-hydrogen) atoms. The minimum Gasteiger partial charge on any atom is -0.380 e. The maximum Gasteiger partial charge on any atom is 0.219 e. The van der Waals surface area contributed by atoms with E-state index in [-0.39, 0.29) is 11.3 Å². The Morgan fingerprint density at radius 3 is 2.69 bits per heavy atom. The molecule has 0 aromatic carbocycles. The molecule has 2 fully saturated rings. The molecule has 6 heteroatoms. The number of sulfonamides is 1. The smallest absolute Gasteiger partial charge is 0.219 e. The number of nitrogens with zero attached hydrogens (tertiary/aromatic N) is 1. The molecule has 0 aromatic rings. The van der Waals surface area contributed by atoms with E-state index in [4.69, 9.17) is 10.5 Å². The van der Waals surface area contributed by atoms with Crippen molar-refractivity contribution in [3.05, 3.63) is 0 Å². The monoisotopic (exact) mass is 248 g/mol. The van der Waals surface area contributed by atoms with Crippen LogP contribution in [-0.2, 0) is 14.8 Å². The average Bonchev–Trinajstić information content (AvgIpc) is 2.30. The van der Waals surface area contributed by atoms with Crippen LogP contribution in [0.15, 0.2) is 0 Å². The molecule has 2 aliphatic rings. The Morgan fingerprint density at radius 1 is 1.25 bits per heavy atom. The third kappa shape index (κ3) is 2.56. The molecule has 2 atom stereocenters. The number of hydrogen-bond donors (Lipinski definition) is 1. The molecule has 0 amide bonds. The summed E-state index contributed by atoms with van der Waals surface area (Å²) in [4.78, 5) is 0. The summed E-state index contributed by atoms with van der Waals surface area (Å²) in [6.07, 6.45) is 3.35. The normalized spacial score (nSPS) is 33.8. The van der Waals surface area contributed by atoms with Crippen molar-refractivity contribution in [1.82, 2.24) is 4.31 Å². The molecule has 2 saturated heterocycles. The second kappa shape index (κ2) is 5.00. The maximum atomic E-state index is 12.3. The molecule has 2 aliphatic heterocycles. The number of nitrogens with two attached hydrogens (primary N) is 1. The largest absolute Gasteiger partial charge is 0.380 e. The molecule has 0 saturated carbocycles. The summed E-state index contributed by atoms with van der Waals surface area (Å²) in [6.45, 7) is 2.12. The van der Waals surface area contributed by atoms with Crippen LogP contribution in [0.3, 0.4) is 0 Å². The molecule has 0 aliphatic carbocycles. The lowest BCUT2D eigenvalue weighted by Crippen LogP contribution is -2.50. The van der Waals surface area contributed by atoms with Crippen molar-refractivity contribution in [2.24, 2.45) is 5.73 Å². The van der Waals surface area contributed by atoms with Crippen LogP contribution in [-0.4, -0.2) is 50.3 Å². The van der Waals surface area contributed by atoms with Crippen LogP contribution in [0.5, 0.6) is 0 Å². The fourth-order valence-electron chi connectivity index (χ4n) is 2.36. The molecule has 2 heterocycles. The first-order valence-electron chi connectivity index (χ1n) is 5.93. The van der Waals surface area contributed by atoms with Gasteiger partial charge in [0.2, 0.25) is 10.0 Å². The highest BCUT2D eigenvalue weighted by molar-refractivity contribution is 7.89. The molecule has 2 N–H and O–H groups in total. The lowest BCUT2D eigenvalue weighted by molar-refractivity contribution is 0.0970. The van der Waals surface area contributed by atoms with Gasteiger partial charge < -0.3 is 10.5 Å². The van der Waals surface area contributed by atoms with Gasteiger partial charge in [0.15, 0.2) is 0 Å². The van der Waals surface area contributed by atoms with Crippen LogP contribution in [0.4, 0.5) is 0 Å². The van der Waals surface area contributed by atoms with E-state index in [0.29, 0.717) is 32.7 Å². The highest BCUT2D eigenvalue weighted by atomic mass is 32.2. The Kier molecular flexibility index (Phi) is 3.84. The predicted octanol–water partition coefficient (Wildman–Crippen LogP) is -0.0817. The Labute approximate surface area is 97.0 Å². The van der Waals surface area contributed by atoms with E-state index in [2.05, 4.69) is 0 Å². The van der Waals surface area contributed by atoms with Crippen molar-refractivity contribution >= 4 is 10.0 Å². The topological polar surface area (TPSA) is 72.6 Å². The number of hydrogen-bond acceptors (Lipinski definition) is 4. The zero-order valence-corrected chi connectivity index (χ0v) is 10.3. The highest BCUT2D eigenvalue weighted by Gasteiger charge is 2.35. The molecule has 94 valence electrons. The second-order valence-corrected chi connectivity index (χ2v) is 6.86. The van der Waals surface area contributed by atoms with Gasteiger partial charge in [0.25, 0.3) is 0 Å². The van der Waals surface area contributed by atoms with Crippen LogP contribution in [0.2, 0.25) is 0 Å². The molecule has 0 bridgehead atoms. The number of rotatable bonds is 2. The second-order valence-electron chi connectivity index (χ2n) is 4.64. The van der Waals surface area contributed by atoms with Gasteiger partial charge in [0.05, 0.1) is 11.9 Å². The molecular weight excluding hydrogens is 228 g/mol. The Bertz CT molecular complexity index is 325. The van der Waals surface area contributed by atoms with Crippen LogP contribution in [0.1, 0.15) is 25.7 Å². The zero-order chi connectivity index (χ0) is 11.6. The van der Waals surface area contributed by atoms with E-state index < -0.39 is 10.0 Å². The lowest BCUT2D eigenvalue weighted by atomic mass is 10.1. The minimum absolute atomic E-state index is 0.00645. The van der Waals surface area contributed by atoms with Gasteiger partial charge in [-0.3, -0.25) is 0 Å². The lowest BCUT2D eigenvalue weighted by Gasteiger charge is -2.34. The van der Waals surface area contributed by atoms with Crippen LogP contribution < -0.4 is 5.73 Å². The third-order valence-corrected chi connectivity index (χ3v) is 5.59. The fraction of sp³-hybridized carbons (Fsp3) is 1.00. The number of piperidine rings is 1. The van der Waals surface area contributed by atoms with E-state index >= 15 is 0 Å². The molecule has 0 spiro atoms. The Balaban J connectivity index is 2.05. The maximum absolute atomic E-state index is 12.3. The van der Waals surface area contributed by atoms with Crippen molar-refractivity contribution in [3.63, 3.8) is 0 Å². The summed E-state index contributed by atoms with van der Waals surface area (Å²) < 4.78 is 31.4. The van der Waals surface area contributed by atoms with Crippen molar-refractivity contribution < 1.29 is 13.2 Å². The van der Waals surface area contributed by atoms with Gasteiger partial charge in [-0.25, -0.2) is 12.7 Å². The van der Waals surface area contributed by atoms with Gasteiger partial charge in [0.1, 0.15) is 0 Å². The van der Waals surface area contributed by atoms with E-state index in [1.54, 1.807) is 4.31 Å². The summed E-state index contributed by atoms with van der Waals surface area (Å²) in [5.41, 5.74) is 5.81. The third-order valence-electron chi connectivity index (χ3n) is 3.32. The van der Waals surface area contributed by atoms with Crippen molar-refractivity contribution in [2.75, 3.05) is 26.3 Å². The van der Waals surface area contributed by atoms with Crippen molar-refractivity contribution in [1.29, 1.82) is 0 Å². The predicted molar refractivity (Wildman–Crippen MR) is 61.5 cm³/mol. The fourth-order valence-corrected chi connectivity index (χ4v) is 4.30. The summed E-state index contributed by atoms with van der Waals surface area (Å²) >= 11 is 0. The highest BCUT2D eigenvalue weighted by Crippen LogP contribution is 2.21. The zero-order valence-electron chi connectivity index (χ0n) is 9.47. The molecular formula is C10H20N2O3S. The summed E-state index contributed by atoms with van der Waals surface area (Å²) in [6, 6.07) is -0.00645. The minimum atomic E-state index is -3.19. The van der Waals surface area contributed by atoms with Gasteiger partial charge in [0, 0.05) is 25.7 Å². The first-order valence-corrected chi connectivity index (χ1v) is 7.43. The summed E-state index contributed by atoms with van der Waals surface area (Å²) in [5.74, 6) is 0. The molecule has 0 radical (unpaired) electrons. The number of ether oxygens (including phenoxy) is 1. The van der Waals surface area contributed by atoms with Gasteiger partial charge in [-0.1, -0.05) is 0 Å². The van der Waals surface area contributed by atoms with E-state index in [1.165, 1.54) is 0 Å². The van der Waals surface area contributed by atoms with Crippen molar-refractivity contribution in [3.8, 4) is 0 Å². The van der Waals surface area contributed by atoms with Crippen LogP contribution >= 0.6 is 0 Å². The molecule has 5 nitrogen and oxygen atoms in total. The molecule has 1 unspecified atom stereocenters. The van der Waals surface area contributed by atoms with E-state index in [1.807, 2.05) is 0 Å². The van der Waals surface area contributed by atoms with Crippen LogP contribution in [0.25, 0.3) is 0 Å². The first kappa shape index (κ1) is 12.3. The van der Waals surface area contributed by atoms with Gasteiger partial charge >= 0.3 is 0 Å². The quantitative estimate of drug-likeness (QED) is 0.742. The van der Waals surface area contributed by atoms with E-state index in [0.717, 1.165) is 19.3 Å². The van der Waals surface area contributed by atoms with Gasteiger partial charge in [-0.15, -0.1) is 0 Å². The average molecular weight is 248 g/mol. The summed E-state index contributed by atoms with van der Waals surface area (Å²) in [5, 5.41) is -0.355.